The van der Waals surface area contributed by atoms with Crippen LogP contribution in [0.3, 0.4) is 0 Å². The van der Waals surface area contributed by atoms with Crippen LogP contribution >= 0.6 is 0 Å². The number of benzene rings is 3. The Morgan fingerprint density at radius 1 is 0.909 bits per heavy atom. The second-order valence-electron chi connectivity index (χ2n) is 7.70. The zero-order valence-corrected chi connectivity index (χ0v) is 19.2. The smallest absolute Gasteiger partial charge is 0.258 e. The van der Waals surface area contributed by atoms with Gasteiger partial charge in [-0.05, 0) is 36.6 Å². The molecule has 0 saturated heterocycles. The molecule has 0 heterocycles. The molecule has 0 unspecified atom stereocenters. The average Bonchev–Trinajstić information content (AvgIpc) is 2.85. The van der Waals surface area contributed by atoms with Gasteiger partial charge in [-0.25, -0.2) is 0 Å². The van der Waals surface area contributed by atoms with Crippen LogP contribution in [0.15, 0.2) is 79.4 Å². The standard InChI is InChI=1S/C29H29NO3/c1-5-17-30(6-2)29(31)26-18-25(22(3)4)27(32-20-23-13-9-7-10-14-23)19-28(26)33-21-24-15-11-8-12-16-24/h1,7-16,18-19H,3,6,17,20-21H2,2,4H3. The average molecular weight is 440 g/mol. The Morgan fingerprint density at radius 3 is 1.88 bits per heavy atom. The van der Waals surface area contributed by atoms with Gasteiger partial charge in [-0.2, -0.15) is 0 Å². The van der Waals surface area contributed by atoms with E-state index in [1.165, 1.54) is 0 Å². The summed E-state index contributed by atoms with van der Waals surface area (Å²) in [7, 11) is 0. The van der Waals surface area contributed by atoms with E-state index in [1.54, 1.807) is 17.0 Å². The van der Waals surface area contributed by atoms with Gasteiger partial charge in [-0.3, -0.25) is 4.79 Å². The SMILES string of the molecule is C#CCN(CC)C(=O)c1cc(C(=C)C)c(OCc2ccccc2)cc1OCc1ccccc1. The van der Waals surface area contributed by atoms with Crippen LogP contribution in [-0.2, 0) is 13.2 Å². The van der Waals surface area contributed by atoms with Crippen molar-refractivity contribution >= 4 is 11.5 Å². The number of allylic oxidation sites excluding steroid dienone is 1. The summed E-state index contributed by atoms with van der Waals surface area (Å²) in [5.74, 6) is 3.44. The van der Waals surface area contributed by atoms with Crippen molar-refractivity contribution in [1.82, 2.24) is 4.90 Å². The summed E-state index contributed by atoms with van der Waals surface area (Å²) in [6.45, 7) is 9.32. The molecule has 0 aliphatic heterocycles. The van der Waals surface area contributed by atoms with E-state index in [0.717, 1.165) is 22.3 Å². The Kier molecular flexibility index (Phi) is 8.32. The minimum absolute atomic E-state index is 0.185. The molecule has 3 aromatic carbocycles. The highest BCUT2D eigenvalue weighted by Gasteiger charge is 2.22. The number of nitrogens with zero attached hydrogens (tertiary/aromatic N) is 1. The summed E-state index contributed by atoms with van der Waals surface area (Å²) in [6.07, 6.45) is 5.48. The van der Waals surface area contributed by atoms with Gasteiger partial charge in [0.05, 0.1) is 12.1 Å². The number of terminal acetylenes is 1. The molecule has 1 amide bonds. The van der Waals surface area contributed by atoms with E-state index in [0.29, 0.717) is 36.8 Å². The monoisotopic (exact) mass is 439 g/mol. The Balaban J connectivity index is 1.99. The first-order chi connectivity index (χ1) is 16.0. The molecule has 3 aromatic rings. The molecular formula is C29H29NO3. The molecule has 3 rings (SSSR count). The summed E-state index contributed by atoms with van der Waals surface area (Å²) in [4.78, 5) is 15.0. The highest BCUT2D eigenvalue weighted by atomic mass is 16.5. The maximum absolute atomic E-state index is 13.3. The van der Waals surface area contributed by atoms with Crippen LogP contribution in [0.2, 0.25) is 0 Å². The number of ether oxygens (including phenoxy) is 2. The van der Waals surface area contributed by atoms with Crippen LogP contribution in [0.5, 0.6) is 11.5 Å². The number of hydrogen-bond acceptors (Lipinski definition) is 3. The molecule has 0 spiro atoms. The summed E-state index contributed by atoms with van der Waals surface area (Å²) >= 11 is 0. The molecule has 0 atom stereocenters. The summed E-state index contributed by atoms with van der Waals surface area (Å²) < 4.78 is 12.3. The lowest BCUT2D eigenvalue weighted by Crippen LogP contribution is -2.31. The quantitative estimate of drug-likeness (QED) is 0.365. The Morgan fingerprint density at radius 2 is 1.42 bits per heavy atom. The number of hydrogen-bond donors (Lipinski definition) is 0. The van der Waals surface area contributed by atoms with Crippen molar-refractivity contribution in [2.45, 2.75) is 27.1 Å². The van der Waals surface area contributed by atoms with Crippen LogP contribution in [-0.4, -0.2) is 23.9 Å². The second kappa shape index (κ2) is 11.6. The molecule has 0 fully saturated rings. The van der Waals surface area contributed by atoms with Gasteiger partial charge in [-0.15, -0.1) is 6.42 Å². The van der Waals surface area contributed by atoms with E-state index < -0.39 is 0 Å². The Bertz CT molecular complexity index is 1130. The largest absolute Gasteiger partial charge is 0.488 e. The molecule has 168 valence electrons. The predicted octanol–water partition coefficient (Wildman–Crippen LogP) is 5.97. The first-order valence-electron chi connectivity index (χ1n) is 10.9. The lowest BCUT2D eigenvalue weighted by Gasteiger charge is -2.22. The molecule has 33 heavy (non-hydrogen) atoms. The minimum atomic E-state index is -0.185. The Labute approximate surface area is 196 Å². The van der Waals surface area contributed by atoms with Crippen molar-refractivity contribution in [1.29, 1.82) is 0 Å². The summed E-state index contributed by atoms with van der Waals surface area (Å²) in [6, 6.07) is 23.3. The number of carbonyl (C=O) groups excluding carboxylic acids is 1. The van der Waals surface area contributed by atoms with Crippen molar-refractivity contribution in [2.75, 3.05) is 13.1 Å². The van der Waals surface area contributed by atoms with E-state index >= 15 is 0 Å². The van der Waals surface area contributed by atoms with Gasteiger partial charge in [0.15, 0.2) is 0 Å². The normalized spacial score (nSPS) is 10.2. The molecule has 0 aliphatic carbocycles. The van der Waals surface area contributed by atoms with E-state index in [1.807, 2.05) is 74.5 Å². The van der Waals surface area contributed by atoms with Crippen LogP contribution < -0.4 is 9.47 Å². The molecule has 0 bridgehead atoms. The minimum Gasteiger partial charge on any atom is -0.488 e. The van der Waals surface area contributed by atoms with E-state index in [9.17, 15) is 4.79 Å². The second-order valence-corrected chi connectivity index (χ2v) is 7.70. The topological polar surface area (TPSA) is 38.8 Å². The molecule has 4 nitrogen and oxygen atoms in total. The molecule has 4 heteroatoms. The van der Waals surface area contributed by atoms with Crippen LogP contribution in [0.25, 0.3) is 5.57 Å². The van der Waals surface area contributed by atoms with Gasteiger partial charge in [0.25, 0.3) is 5.91 Å². The van der Waals surface area contributed by atoms with Crippen molar-refractivity contribution in [3.8, 4) is 23.8 Å². The lowest BCUT2D eigenvalue weighted by atomic mass is 10.0. The maximum atomic E-state index is 13.3. The fourth-order valence-corrected chi connectivity index (χ4v) is 3.38. The summed E-state index contributed by atoms with van der Waals surface area (Å²) in [5.41, 5.74) is 4.04. The van der Waals surface area contributed by atoms with Gasteiger partial charge in [0, 0.05) is 18.2 Å². The highest BCUT2D eigenvalue weighted by Crippen LogP contribution is 2.35. The molecule has 0 saturated carbocycles. The number of amides is 1. The maximum Gasteiger partial charge on any atom is 0.258 e. The van der Waals surface area contributed by atoms with Gasteiger partial charge >= 0.3 is 0 Å². The van der Waals surface area contributed by atoms with Gasteiger partial charge in [0.1, 0.15) is 24.7 Å². The fourth-order valence-electron chi connectivity index (χ4n) is 3.38. The zero-order chi connectivity index (χ0) is 23.6. The van der Waals surface area contributed by atoms with Gasteiger partial charge in [0.2, 0.25) is 0 Å². The first kappa shape index (κ1) is 23.7. The third-order valence-corrected chi connectivity index (χ3v) is 5.20. The van der Waals surface area contributed by atoms with Gasteiger partial charge < -0.3 is 14.4 Å². The predicted molar refractivity (Wildman–Crippen MR) is 133 cm³/mol. The third kappa shape index (κ3) is 6.27. The molecular weight excluding hydrogens is 410 g/mol. The van der Waals surface area contributed by atoms with Crippen LogP contribution in [0.4, 0.5) is 0 Å². The summed E-state index contributed by atoms with van der Waals surface area (Å²) in [5, 5.41) is 0. The molecule has 0 aromatic heterocycles. The molecule has 0 aliphatic rings. The molecule has 0 radical (unpaired) electrons. The van der Waals surface area contributed by atoms with Gasteiger partial charge in [-0.1, -0.05) is 73.2 Å². The van der Waals surface area contributed by atoms with Crippen molar-refractivity contribution in [2.24, 2.45) is 0 Å². The Hall–Kier alpha value is -3.97. The number of carbonyl (C=O) groups is 1. The third-order valence-electron chi connectivity index (χ3n) is 5.20. The number of rotatable bonds is 10. The van der Waals surface area contributed by atoms with E-state index in [2.05, 4.69) is 12.5 Å². The fraction of sp³-hybridized carbons (Fsp3) is 0.207. The van der Waals surface area contributed by atoms with Crippen LogP contribution in [0.1, 0.15) is 40.9 Å². The highest BCUT2D eigenvalue weighted by molar-refractivity contribution is 5.98. The van der Waals surface area contributed by atoms with E-state index in [4.69, 9.17) is 15.9 Å². The van der Waals surface area contributed by atoms with Crippen molar-refractivity contribution < 1.29 is 14.3 Å². The van der Waals surface area contributed by atoms with Crippen molar-refractivity contribution in [3.05, 3.63) is 102 Å². The van der Waals surface area contributed by atoms with Crippen LogP contribution in [0, 0.1) is 12.3 Å². The first-order valence-corrected chi connectivity index (χ1v) is 10.9. The molecule has 0 N–H and O–H groups in total. The lowest BCUT2D eigenvalue weighted by molar-refractivity contribution is 0.0780. The van der Waals surface area contributed by atoms with Crippen molar-refractivity contribution in [3.63, 3.8) is 0 Å². The van der Waals surface area contributed by atoms with E-state index in [-0.39, 0.29) is 12.5 Å². The zero-order valence-electron chi connectivity index (χ0n) is 19.2.